The van der Waals surface area contributed by atoms with Crippen LogP contribution in [-0.4, -0.2) is 18.6 Å². The second-order valence-corrected chi connectivity index (χ2v) is 6.21. The minimum atomic E-state index is 0.900. The monoisotopic (exact) mass is 304 g/mol. The van der Waals surface area contributed by atoms with Gasteiger partial charge in [-0.1, -0.05) is 26.3 Å². The molecule has 0 radical (unpaired) electrons. The zero-order valence-corrected chi connectivity index (χ0v) is 14.1. The Kier molecular flexibility index (Phi) is 5.76. The Morgan fingerprint density at radius 3 is 2.76 bits per heavy atom. The number of thiazole rings is 1. The van der Waals surface area contributed by atoms with Gasteiger partial charge in [-0.2, -0.15) is 0 Å². The second-order valence-electron chi connectivity index (χ2n) is 5.12. The molecule has 0 saturated carbocycles. The maximum absolute atomic E-state index is 5.52. The van der Waals surface area contributed by atoms with E-state index in [0.717, 1.165) is 42.3 Å². The van der Waals surface area contributed by atoms with Crippen molar-refractivity contribution < 1.29 is 4.74 Å². The van der Waals surface area contributed by atoms with E-state index in [1.54, 1.807) is 18.4 Å². The normalized spacial score (nSPS) is 10.9. The van der Waals surface area contributed by atoms with Gasteiger partial charge >= 0.3 is 0 Å². The lowest BCUT2D eigenvalue weighted by molar-refractivity contribution is 0.416. The predicted octanol–water partition coefficient (Wildman–Crippen LogP) is 4.19. The van der Waals surface area contributed by atoms with E-state index >= 15 is 0 Å². The molecule has 1 heterocycles. The molecule has 0 fully saturated rings. The summed E-state index contributed by atoms with van der Waals surface area (Å²) in [4.78, 5) is 6.20. The van der Waals surface area contributed by atoms with Crippen molar-refractivity contribution in [1.82, 2.24) is 10.3 Å². The fourth-order valence-electron chi connectivity index (χ4n) is 2.28. The molecule has 4 heteroatoms. The number of hydrogen-bond donors (Lipinski definition) is 1. The lowest BCUT2D eigenvalue weighted by atomic mass is 10.1. The van der Waals surface area contributed by atoms with Crippen LogP contribution >= 0.6 is 11.3 Å². The van der Waals surface area contributed by atoms with Gasteiger partial charge in [0.1, 0.15) is 10.8 Å². The quantitative estimate of drug-likeness (QED) is 0.833. The third-order valence-corrected chi connectivity index (χ3v) is 4.52. The number of nitrogens with one attached hydrogen (secondary N) is 1. The van der Waals surface area contributed by atoms with E-state index in [0.29, 0.717) is 0 Å². The van der Waals surface area contributed by atoms with Crippen molar-refractivity contribution in [1.29, 1.82) is 0 Å². The molecule has 2 rings (SSSR count). The van der Waals surface area contributed by atoms with Crippen LogP contribution < -0.4 is 10.1 Å². The highest BCUT2D eigenvalue weighted by Crippen LogP contribution is 2.35. The maximum atomic E-state index is 5.52. The third kappa shape index (κ3) is 3.83. The molecular weight excluding hydrogens is 280 g/mol. The van der Waals surface area contributed by atoms with Crippen LogP contribution in [-0.2, 0) is 13.0 Å². The number of rotatable bonds is 7. The van der Waals surface area contributed by atoms with Crippen LogP contribution in [0.25, 0.3) is 10.6 Å². The first kappa shape index (κ1) is 16.0. The molecule has 2 aromatic rings. The molecule has 0 amide bonds. The van der Waals surface area contributed by atoms with Gasteiger partial charge in [0.15, 0.2) is 0 Å². The van der Waals surface area contributed by atoms with Gasteiger partial charge in [0, 0.05) is 11.4 Å². The van der Waals surface area contributed by atoms with Gasteiger partial charge in [-0.15, -0.1) is 11.3 Å². The number of benzene rings is 1. The molecule has 0 aliphatic carbocycles. The molecule has 21 heavy (non-hydrogen) atoms. The van der Waals surface area contributed by atoms with E-state index < -0.39 is 0 Å². The van der Waals surface area contributed by atoms with Gasteiger partial charge in [0.05, 0.1) is 18.4 Å². The molecule has 1 N–H and O–H groups in total. The molecule has 0 saturated heterocycles. The highest BCUT2D eigenvalue weighted by Gasteiger charge is 2.15. The molecule has 0 spiro atoms. The summed E-state index contributed by atoms with van der Waals surface area (Å²) < 4.78 is 5.52. The first-order valence-electron chi connectivity index (χ1n) is 7.53. The summed E-state index contributed by atoms with van der Waals surface area (Å²) >= 11 is 1.77. The topological polar surface area (TPSA) is 34.1 Å². The average Bonchev–Trinajstić information content (AvgIpc) is 2.88. The summed E-state index contributed by atoms with van der Waals surface area (Å²) in [6.07, 6.45) is 2.15. The molecule has 0 aliphatic rings. The van der Waals surface area contributed by atoms with Crippen molar-refractivity contribution in [3.8, 4) is 16.3 Å². The van der Waals surface area contributed by atoms with E-state index in [4.69, 9.17) is 9.72 Å². The number of hydrogen-bond acceptors (Lipinski definition) is 4. The van der Waals surface area contributed by atoms with Crippen LogP contribution in [0, 0.1) is 6.92 Å². The molecule has 0 atom stereocenters. The van der Waals surface area contributed by atoms with Gasteiger partial charge in [0.2, 0.25) is 0 Å². The van der Waals surface area contributed by atoms with Crippen molar-refractivity contribution in [3.05, 3.63) is 34.3 Å². The lowest BCUT2D eigenvalue weighted by Crippen LogP contribution is -2.11. The summed E-state index contributed by atoms with van der Waals surface area (Å²) in [7, 11) is 1.72. The third-order valence-electron chi connectivity index (χ3n) is 3.39. The van der Waals surface area contributed by atoms with Crippen LogP contribution in [0.3, 0.4) is 0 Å². The molecule has 3 nitrogen and oxygen atoms in total. The standard InChI is InChI=1S/C17H24N2OS/c1-5-7-14-16(11-18-6-2)21-17(19-14)13-9-8-12(3)10-15(13)20-4/h8-10,18H,5-7,11H2,1-4H3. The van der Waals surface area contributed by atoms with Crippen LogP contribution in [0.2, 0.25) is 0 Å². The van der Waals surface area contributed by atoms with Gasteiger partial charge in [0.25, 0.3) is 0 Å². The zero-order valence-electron chi connectivity index (χ0n) is 13.3. The van der Waals surface area contributed by atoms with Crippen LogP contribution in [0.1, 0.15) is 36.4 Å². The molecule has 0 aliphatic heterocycles. The van der Waals surface area contributed by atoms with Crippen molar-refractivity contribution in [2.45, 2.75) is 40.2 Å². The number of ether oxygens (including phenoxy) is 1. The van der Waals surface area contributed by atoms with E-state index in [-0.39, 0.29) is 0 Å². The van der Waals surface area contributed by atoms with Crippen molar-refractivity contribution in [2.24, 2.45) is 0 Å². The van der Waals surface area contributed by atoms with Gasteiger partial charge < -0.3 is 10.1 Å². The Morgan fingerprint density at radius 1 is 1.29 bits per heavy atom. The highest BCUT2D eigenvalue weighted by molar-refractivity contribution is 7.15. The molecule has 1 aromatic heterocycles. The summed E-state index contributed by atoms with van der Waals surface area (Å²) in [6.45, 7) is 8.28. The molecular formula is C17H24N2OS. The molecule has 0 bridgehead atoms. The summed E-state index contributed by atoms with van der Waals surface area (Å²) in [5, 5.41) is 4.46. The van der Waals surface area contributed by atoms with E-state index in [1.165, 1.54) is 16.1 Å². The van der Waals surface area contributed by atoms with Crippen molar-refractivity contribution >= 4 is 11.3 Å². The first-order valence-corrected chi connectivity index (χ1v) is 8.35. The smallest absolute Gasteiger partial charge is 0.129 e. The number of nitrogens with zero attached hydrogens (tertiary/aromatic N) is 1. The van der Waals surface area contributed by atoms with Gasteiger partial charge in [-0.05, 0) is 37.6 Å². The fraction of sp³-hybridized carbons (Fsp3) is 0.471. The van der Waals surface area contributed by atoms with Crippen LogP contribution in [0.5, 0.6) is 5.75 Å². The fourth-order valence-corrected chi connectivity index (χ4v) is 3.39. The SMILES string of the molecule is CCCc1nc(-c2ccc(C)cc2OC)sc1CNCC. The summed E-state index contributed by atoms with van der Waals surface area (Å²) in [6, 6.07) is 6.29. The van der Waals surface area contributed by atoms with E-state index in [9.17, 15) is 0 Å². The Bertz CT molecular complexity index is 592. The number of aryl methyl sites for hydroxylation is 2. The summed E-state index contributed by atoms with van der Waals surface area (Å²) in [5.41, 5.74) is 3.52. The Hall–Kier alpha value is -1.39. The Morgan fingerprint density at radius 2 is 2.10 bits per heavy atom. The molecule has 1 aromatic carbocycles. The Balaban J connectivity index is 2.39. The van der Waals surface area contributed by atoms with Crippen LogP contribution in [0.15, 0.2) is 18.2 Å². The van der Waals surface area contributed by atoms with Crippen LogP contribution in [0.4, 0.5) is 0 Å². The first-order chi connectivity index (χ1) is 10.2. The van der Waals surface area contributed by atoms with E-state index in [1.807, 2.05) is 0 Å². The maximum Gasteiger partial charge on any atom is 0.129 e. The minimum Gasteiger partial charge on any atom is -0.496 e. The van der Waals surface area contributed by atoms with Crippen molar-refractivity contribution in [2.75, 3.05) is 13.7 Å². The second kappa shape index (κ2) is 7.57. The predicted molar refractivity (Wildman–Crippen MR) is 90.2 cm³/mol. The van der Waals surface area contributed by atoms with E-state index in [2.05, 4.69) is 44.3 Å². The average molecular weight is 304 g/mol. The lowest BCUT2D eigenvalue weighted by Gasteiger charge is -2.06. The number of methoxy groups -OCH3 is 1. The molecule has 114 valence electrons. The highest BCUT2D eigenvalue weighted by atomic mass is 32.1. The van der Waals surface area contributed by atoms with Gasteiger partial charge in [-0.3, -0.25) is 0 Å². The minimum absolute atomic E-state index is 0.900. The largest absolute Gasteiger partial charge is 0.496 e. The van der Waals surface area contributed by atoms with Crippen molar-refractivity contribution in [3.63, 3.8) is 0 Å². The van der Waals surface area contributed by atoms with Gasteiger partial charge in [-0.25, -0.2) is 4.98 Å². The molecule has 0 unspecified atom stereocenters. The summed E-state index contributed by atoms with van der Waals surface area (Å²) in [5.74, 6) is 0.904. The zero-order chi connectivity index (χ0) is 15.2. The Labute approximate surface area is 131 Å². The number of aromatic nitrogens is 1.